The third-order valence-electron chi connectivity index (χ3n) is 5.14. The Morgan fingerprint density at radius 1 is 1.17 bits per heavy atom. The maximum Gasteiger partial charge on any atom is 0.259 e. The first-order chi connectivity index (χ1) is 16.7. The molecule has 188 valence electrons. The van der Waals surface area contributed by atoms with Gasteiger partial charge < -0.3 is 29.5 Å². The molecule has 10 nitrogen and oxygen atoms in total. The monoisotopic (exact) mass is 484 g/mol. The summed E-state index contributed by atoms with van der Waals surface area (Å²) in [5.74, 6) is 1.48. The zero-order valence-corrected chi connectivity index (χ0v) is 20.7. The summed E-state index contributed by atoms with van der Waals surface area (Å²) < 4.78 is 17.0. The maximum atomic E-state index is 11.1. The normalized spacial score (nSPS) is 12.0. The van der Waals surface area contributed by atoms with E-state index in [1.807, 2.05) is 52.8 Å². The average Bonchev–Trinajstić information content (AvgIpc) is 3.32. The first-order valence-electron chi connectivity index (χ1n) is 11.5. The molecule has 1 amide bonds. The summed E-state index contributed by atoms with van der Waals surface area (Å²) in [6.45, 7) is 9.07. The third kappa shape index (κ3) is 6.77. The zero-order chi connectivity index (χ0) is 25.5. The molecule has 0 aliphatic heterocycles. The van der Waals surface area contributed by atoms with Gasteiger partial charge in [-0.25, -0.2) is 4.98 Å². The molecule has 35 heavy (non-hydrogen) atoms. The highest BCUT2D eigenvalue weighted by molar-refractivity contribution is 5.76. The Hall–Kier alpha value is -3.50. The van der Waals surface area contributed by atoms with Crippen molar-refractivity contribution in [2.45, 2.75) is 53.2 Å². The Bertz CT molecular complexity index is 1160. The van der Waals surface area contributed by atoms with E-state index in [0.29, 0.717) is 35.3 Å². The van der Waals surface area contributed by atoms with E-state index < -0.39 is 18.6 Å². The second-order valence-electron chi connectivity index (χ2n) is 8.50. The minimum absolute atomic E-state index is 0.00583. The Labute approximate surface area is 204 Å². The van der Waals surface area contributed by atoms with Gasteiger partial charge in [0, 0.05) is 23.9 Å². The van der Waals surface area contributed by atoms with Gasteiger partial charge in [0.15, 0.2) is 0 Å². The van der Waals surface area contributed by atoms with Crippen molar-refractivity contribution in [2.24, 2.45) is 0 Å². The minimum atomic E-state index is -0.913. The molecule has 0 aliphatic carbocycles. The second kappa shape index (κ2) is 11.8. The van der Waals surface area contributed by atoms with Gasteiger partial charge in [-0.05, 0) is 63.4 Å². The highest BCUT2D eigenvalue weighted by Gasteiger charge is 2.17. The summed E-state index contributed by atoms with van der Waals surface area (Å²) in [6, 6.07) is 5.72. The van der Waals surface area contributed by atoms with E-state index in [2.05, 4.69) is 20.4 Å². The van der Waals surface area contributed by atoms with Crippen LogP contribution in [0.4, 0.5) is 0 Å². The fourth-order valence-corrected chi connectivity index (χ4v) is 3.46. The van der Waals surface area contributed by atoms with Crippen LogP contribution in [0.25, 0.3) is 22.8 Å². The second-order valence-corrected chi connectivity index (χ2v) is 8.50. The number of carbonyl (C=O) groups is 1. The van der Waals surface area contributed by atoms with Gasteiger partial charge in [0.1, 0.15) is 25.1 Å². The molecule has 3 N–H and O–H groups in total. The molecule has 3 rings (SSSR count). The smallest absolute Gasteiger partial charge is 0.259 e. The number of carbonyl (C=O) groups excluding carboxylic acids is 1. The number of pyridine rings is 1. The number of hydrogen-bond donors (Lipinski definition) is 3. The average molecular weight is 485 g/mol. The number of nitrogens with zero attached hydrogens (tertiary/aromatic N) is 3. The quantitative estimate of drug-likeness (QED) is 0.375. The van der Waals surface area contributed by atoms with Gasteiger partial charge in [-0.3, -0.25) is 4.79 Å². The summed E-state index contributed by atoms with van der Waals surface area (Å²) in [5, 5.41) is 25.4. The van der Waals surface area contributed by atoms with E-state index in [1.165, 1.54) is 0 Å². The number of aliphatic hydroxyl groups is 2. The Morgan fingerprint density at radius 2 is 1.91 bits per heavy atom. The lowest BCUT2D eigenvalue weighted by molar-refractivity contribution is -0.124. The van der Waals surface area contributed by atoms with Crippen LogP contribution in [0.5, 0.6) is 11.6 Å². The van der Waals surface area contributed by atoms with Gasteiger partial charge in [0.25, 0.3) is 5.89 Å². The first-order valence-corrected chi connectivity index (χ1v) is 11.5. The summed E-state index contributed by atoms with van der Waals surface area (Å²) >= 11 is 0. The van der Waals surface area contributed by atoms with Crippen LogP contribution in [0.15, 0.2) is 28.9 Å². The van der Waals surface area contributed by atoms with Gasteiger partial charge in [-0.15, -0.1) is 0 Å². The van der Waals surface area contributed by atoms with E-state index in [4.69, 9.17) is 19.1 Å². The largest absolute Gasteiger partial charge is 0.490 e. The van der Waals surface area contributed by atoms with Crippen LogP contribution in [-0.2, 0) is 11.2 Å². The third-order valence-corrected chi connectivity index (χ3v) is 5.14. The van der Waals surface area contributed by atoms with Gasteiger partial charge in [-0.2, -0.15) is 4.98 Å². The van der Waals surface area contributed by atoms with E-state index >= 15 is 0 Å². The van der Waals surface area contributed by atoms with Gasteiger partial charge in [0.05, 0.1) is 11.7 Å². The highest BCUT2D eigenvalue weighted by Crippen LogP contribution is 2.31. The number of aromatic nitrogens is 3. The summed E-state index contributed by atoms with van der Waals surface area (Å²) in [5.41, 5.74) is 4.13. The highest BCUT2D eigenvalue weighted by atomic mass is 16.5. The molecule has 0 aliphatic rings. The molecule has 0 radical (unpaired) electrons. The molecule has 1 aromatic carbocycles. The topological polar surface area (TPSA) is 140 Å². The number of nitrogens with one attached hydrogen (secondary N) is 1. The fourth-order valence-electron chi connectivity index (χ4n) is 3.46. The van der Waals surface area contributed by atoms with Crippen molar-refractivity contribution in [3.05, 3.63) is 41.1 Å². The number of benzene rings is 1. The molecule has 0 saturated heterocycles. The van der Waals surface area contributed by atoms with Crippen molar-refractivity contribution in [2.75, 3.05) is 19.8 Å². The predicted molar refractivity (Wildman–Crippen MR) is 129 cm³/mol. The number of aryl methyl sites for hydroxylation is 3. The standard InChI is InChI=1S/C25H32N4O6/c1-6-17-9-18(7-15(4)22(17)33-13-20(31)11-26-21(32)12-30)23-28-25(35-29-23)19-8-16(5)24(27-10-19)34-14(2)3/h7-10,14,20,30-31H,6,11-13H2,1-5H3,(H,26,32). The van der Waals surface area contributed by atoms with E-state index in [0.717, 1.165) is 22.3 Å². The van der Waals surface area contributed by atoms with Crippen LogP contribution in [0.2, 0.25) is 0 Å². The predicted octanol–water partition coefficient (Wildman–Crippen LogP) is 2.61. The SMILES string of the molecule is CCc1cc(-c2noc(-c3cnc(OC(C)C)c(C)c3)n2)cc(C)c1OCC(O)CNC(=O)CO. The van der Waals surface area contributed by atoms with Crippen molar-refractivity contribution in [1.82, 2.24) is 20.4 Å². The summed E-state index contributed by atoms with van der Waals surface area (Å²) in [4.78, 5) is 20.1. The Balaban J connectivity index is 1.76. The van der Waals surface area contributed by atoms with Crippen molar-refractivity contribution in [1.29, 1.82) is 0 Å². The maximum absolute atomic E-state index is 11.1. The van der Waals surface area contributed by atoms with Crippen LogP contribution in [-0.4, -0.2) is 63.2 Å². The number of hydrogen-bond acceptors (Lipinski definition) is 9. The Morgan fingerprint density at radius 3 is 2.57 bits per heavy atom. The molecule has 0 saturated carbocycles. The van der Waals surface area contributed by atoms with Crippen molar-refractivity contribution < 1.29 is 29.0 Å². The van der Waals surface area contributed by atoms with Crippen molar-refractivity contribution in [3.63, 3.8) is 0 Å². The van der Waals surface area contributed by atoms with Crippen LogP contribution < -0.4 is 14.8 Å². The van der Waals surface area contributed by atoms with Gasteiger partial charge >= 0.3 is 0 Å². The van der Waals surface area contributed by atoms with Crippen LogP contribution >= 0.6 is 0 Å². The van der Waals surface area contributed by atoms with Crippen molar-refractivity contribution in [3.8, 4) is 34.5 Å². The molecule has 10 heteroatoms. The van der Waals surface area contributed by atoms with Crippen LogP contribution in [0.3, 0.4) is 0 Å². The molecule has 0 fully saturated rings. The number of amides is 1. The summed E-state index contributed by atoms with van der Waals surface area (Å²) in [6.07, 6.45) is 1.45. The summed E-state index contributed by atoms with van der Waals surface area (Å²) in [7, 11) is 0. The first kappa shape index (κ1) is 26.1. The number of aliphatic hydroxyl groups excluding tert-OH is 2. The minimum Gasteiger partial charge on any atom is -0.490 e. The molecule has 1 atom stereocenters. The van der Waals surface area contributed by atoms with E-state index in [1.54, 1.807) is 6.20 Å². The molecular weight excluding hydrogens is 452 g/mol. The molecule has 2 aromatic heterocycles. The van der Waals surface area contributed by atoms with Crippen LogP contribution in [0, 0.1) is 13.8 Å². The zero-order valence-electron chi connectivity index (χ0n) is 20.7. The molecule has 2 heterocycles. The molecular formula is C25H32N4O6. The molecule has 0 bridgehead atoms. The lowest BCUT2D eigenvalue weighted by Crippen LogP contribution is -2.36. The van der Waals surface area contributed by atoms with Gasteiger partial charge in [-0.1, -0.05) is 12.1 Å². The number of rotatable bonds is 11. The Kier molecular flexibility index (Phi) is 8.78. The van der Waals surface area contributed by atoms with Gasteiger partial charge in [0.2, 0.25) is 17.6 Å². The molecule has 3 aromatic rings. The van der Waals surface area contributed by atoms with Crippen LogP contribution in [0.1, 0.15) is 37.5 Å². The fraction of sp³-hybridized carbons (Fsp3) is 0.440. The lowest BCUT2D eigenvalue weighted by atomic mass is 10.0. The molecule has 1 unspecified atom stereocenters. The van der Waals surface area contributed by atoms with E-state index in [-0.39, 0.29) is 19.3 Å². The lowest BCUT2D eigenvalue weighted by Gasteiger charge is -2.17. The van der Waals surface area contributed by atoms with E-state index in [9.17, 15) is 9.90 Å². The molecule has 0 spiro atoms. The van der Waals surface area contributed by atoms with Crippen molar-refractivity contribution >= 4 is 5.91 Å². The number of ether oxygens (including phenoxy) is 2.